The van der Waals surface area contributed by atoms with Crippen LogP contribution in [0.25, 0.3) is 0 Å². The van der Waals surface area contributed by atoms with Gasteiger partial charge >= 0.3 is 0 Å². The highest BCUT2D eigenvalue weighted by Gasteiger charge is 2.31. The summed E-state index contributed by atoms with van der Waals surface area (Å²) in [7, 11) is 0.391. The van der Waals surface area contributed by atoms with E-state index in [0.29, 0.717) is 18.8 Å². The number of likely N-dealkylation sites (N-methyl/N-ethyl adjacent to an activating group) is 1. The number of carbonyl (C=O) groups is 1. The van der Waals surface area contributed by atoms with Crippen molar-refractivity contribution >= 4 is 15.7 Å². The molecular formula is C14H21N3O4S. The van der Waals surface area contributed by atoms with Crippen molar-refractivity contribution in [2.24, 2.45) is 0 Å². The molecule has 1 aliphatic rings. The Morgan fingerprint density at radius 2 is 2.27 bits per heavy atom. The van der Waals surface area contributed by atoms with Gasteiger partial charge in [-0.05, 0) is 19.0 Å². The second-order valence-corrected chi connectivity index (χ2v) is 7.69. The standard InChI is InChI=1S/C14H21N3O4S/c1-17(12-5-6-22(19,20)10-12)9-13(18)15-7-11-3-4-14(21-2)16-8-11/h3-4,8,12H,5-7,9-10H2,1-2H3,(H,15,18). The number of carbonyl (C=O) groups excluding carboxylic acids is 1. The van der Waals surface area contributed by atoms with Crippen molar-refractivity contribution in [3.8, 4) is 5.88 Å². The third-order valence-corrected chi connectivity index (χ3v) is 5.47. The van der Waals surface area contributed by atoms with Gasteiger partial charge in [-0.1, -0.05) is 6.07 Å². The molecule has 1 saturated heterocycles. The average molecular weight is 327 g/mol. The van der Waals surface area contributed by atoms with Gasteiger partial charge in [0.1, 0.15) is 0 Å². The van der Waals surface area contributed by atoms with E-state index in [1.165, 1.54) is 0 Å². The Morgan fingerprint density at radius 3 is 2.82 bits per heavy atom. The number of ether oxygens (including phenoxy) is 1. The minimum absolute atomic E-state index is 0.0709. The highest BCUT2D eigenvalue weighted by molar-refractivity contribution is 7.91. The van der Waals surface area contributed by atoms with Crippen LogP contribution in [0, 0.1) is 0 Å². The first kappa shape index (κ1) is 16.7. The van der Waals surface area contributed by atoms with Crippen molar-refractivity contribution < 1.29 is 17.9 Å². The van der Waals surface area contributed by atoms with Gasteiger partial charge in [-0.25, -0.2) is 13.4 Å². The Morgan fingerprint density at radius 1 is 1.50 bits per heavy atom. The summed E-state index contributed by atoms with van der Waals surface area (Å²) < 4.78 is 27.9. The average Bonchev–Trinajstić information content (AvgIpc) is 2.86. The molecule has 122 valence electrons. The maximum Gasteiger partial charge on any atom is 0.234 e. The zero-order valence-electron chi connectivity index (χ0n) is 12.8. The van der Waals surface area contributed by atoms with E-state index in [-0.39, 0.29) is 30.0 Å². The number of pyridine rings is 1. The zero-order valence-corrected chi connectivity index (χ0v) is 13.6. The highest BCUT2D eigenvalue weighted by Crippen LogP contribution is 2.16. The number of rotatable bonds is 6. The summed E-state index contributed by atoms with van der Waals surface area (Å²) in [5.74, 6) is 0.736. The second kappa shape index (κ2) is 7.06. The Hall–Kier alpha value is -1.67. The van der Waals surface area contributed by atoms with Crippen molar-refractivity contribution in [3.05, 3.63) is 23.9 Å². The molecule has 1 aromatic rings. The molecule has 0 bridgehead atoms. The van der Waals surface area contributed by atoms with Crippen LogP contribution in [0.5, 0.6) is 5.88 Å². The molecule has 0 radical (unpaired) electrons. The molecule has 1 atom stereocenters. The quantitative estimate of drug-likeness (QED) is 0.780. The van der Waals surface area contributed by atoms with E-state index in [4.69, 9.17) is 4.74 Å². The van der Waals surface area contributed by atoms with Gasteiger partial charge in [-0.2, -0.15) is 0 Å². The Balaban J connectivity index is 1.77. The molecule has 2 rings (SSSR count). The molecule has 0 spiro atoms. The predicted octanol–water partition coefficient (Wildman–Crippen LogP) is -0.175. The molecule has 2 heterocycles. The lowest BCUT2D eigenvalue weighted by Gasteiger charge is -2.22. The highest BCUT2D eigenvalue weighted by atomic mass is 32.2. The molecule has 1 amide bonds. The van der Waals surface area contributed by atoms with Crippen LogP contribution in [0.15, 0.2) is 18.3 Å². The lowest BCUT2D eigenvalue weighted by Crippen LogP contribution is -2.41. The molecule has 1 fully saturated rings. The summed E-state index contributed by atoms with van der Waals surface area (Å²) in [6, 6.07) is 3.49. The number of nitrogens with zero attached hydrogens (tertiary/aromatic N) is 2. The number of sulfone groups is 1. The number of nitrogens with one attached hydrogen (secondary N) is 1. The van der Waals surface area contributed by atoms with Gasteiger partial charge in [-0.3, -0.25) is 9.69 Å². The minimum atomic E-state index is -2.93. The number of methoxy groups -OCH3 is 1. The van der Waals surface area contributed by atoms with Crippen LogP contribution in [0.3, 0.4) is 0 Å². The van der Waals surface area contributed by atoms with Crippen LogP contribution >= 0.6 is 0 Å². The molecule has 0 saturated carbocycles. The monoisotopic (exact) mass is 327 g/mol. The summed E-state index contributed by atoms with van der Waals surface area (Å²) in [5.41, 5.74) is 0.875. The number of hydrogen-bond acceptors (Lipinski definition) is 6. The fourth-order valence-electron chi connectivity index (χ4n) is 2.37. The lowest BCUT2D eigenvalue weighted by molar-refractivity contribution is -0.122. The van der Waals surface area contributed by atoms with Gasteiger partial charge < -0.3 is 10.1 Å². The van der Waals surface area contributed by atoms with Crippen molar-refractivity contribution in [1.82, 2.24) is 15.2 Å². The predicted molar refractivity (Wildman–Crippen MR) is 82.3 cm³/mol. The van der Waals surface area contributed by atoms with E-state index < -0.39 is 9.84 Å². The van der Waals surface area contributed by atoms with Crippen LogP contribution in [0.4, 0.5) is 0 Å². The molecule has 1 unspecified atom stereocenters. The summed E-state index contributed by atoms with van der Waals surface area (Å²) >= 11 is 0. The fraction of sp³-hybridized carbons (Fsp3) is 0.571. The van der Waals surface area contributed by atoms with Gasteiger partial charge in [0.2, 0.25) is 11.8 Å². The molecule has 22 heavy (non-hydrogen) atoms. The molecule has 1 aliphatic heterocycles. The third kappa shape index (κ3) is 4.67. The molecule has 8 heteroatoms. The minimum Gasteiger partial charge on any atom is -0.481 e. The van der Waals surface area contributed by atoms with Crippen LogP contribution < -0.4 is 10.1 Å². The Labute approximate surface area is 130 Å². The molecular weight excluding hydrogens is 306 g/mol. The van der Waals surface area contributed by atoms with Gasteiger partial charge in [0.15, 0.2) is 9.84 Å². The van der Waals surface area contributed by atoms with E-state index >= 15 is 0 Å². The smallest absolute Gasteiger partial charge is 0.234 e. The molecule has 0 aliphatic carbocycles. The van der Waals surface area contributed by atoms with Gasteiger partial charge in [0.25, 0.3) is 0 Å². The Bertz CT molecular complexity index is 615. The van der Waals surface area contributed by atoms with Crippen LogP contribution in [0.1, 0.15) is 12.0 Å². The second-order valence-electron chi connectivity index (χ2n) is 5.46. The zero-order chi connectivity index (χ0) is 16.2. The largest absolute Gasteiger partial charge is 0.481 e. The molecule has 1 N–H and O–H groups in total. The molecule has 7 nitrogen and oxygen atoms in total. The van der Waals surface area contributed by atoms with E-state index in [9.17, 15) is 13.2 Å². The van der Waals surface area contributed by atoms with E-state index in [1.54, 1.807) is 31.3 Å². The Kier molecular flexibility index (Phi) is 5.36. The normalized spacial score (nSPS) is 20.0. The van der Waals surface area contributed by atoms with Gasteiger partial charge in [-0.15, -0.1) is 0 Å². The van der Waals surface area contributed by atoms with Gasteiger partial charge in [0, 0.05) is 24.8 Å². The summed E-state index contributed by atoms with van der Waals surface area (Å²) in [4.78, 5) is 17.8. The summed E-state index contributed by atoms with van der Waals surface area (Å²) in [5, 5.41) is 2.80. The SMILES string of the molecule is COc1ccc(CNC(=O)CN(C)C2CCS(=O)(=O)C2)cn1. The first-order valence-electron chi connectivity index (χ1n) is 7.06. The number of aromatic nitrogens is 1. The molecule has 0 aromatic carbocycles. The van der Waals surface area contributed by atoms with Crippen molar-refractivity contribution in [2.45, 2.75) is 19.0 Å². The first-order valence-corrected chi connectivity index (χ1v) is 8.88. The topological polar surface area (TPSA) is 88.6 Å². The van der Waals surface area contributed by atoms with Crippen molar-refractivity contribution in [1.29, 1.82) is 0 Å². The van der Waals surface area contributed by atoms with Crippen LogP contribution in [0.2, 0.25) is 0 Å². The first-order chi connectivity index (χ1) is 10.4. The maximum atomic E-state index is 11.9. The number of hydrogen-bond donors (Lipinski definition) is 1. The molecule has 1 aromatic heterocycles. The summed E-state index contributed by atoms with van der Waals surface area (Å²) in [6.07, 6.45) is 2.24. The van der Waals surface area contributed by atoms with Crippen molar-refractivity contribution in [3.63, 3.8) is 0 Å². The van der Waals surface area contributed by atoms with Crippen LogP contribution in [-0.2, 0) is 21.2 Å². The lowest BCUT2D eigenvalue weighted by atomic mass is 10.2. The van der Waals surface area contributed by atoms with Gasteiger partial charge in [0.05, 0.1) is 25.2 Å². The summed E-state index contributed by atoms with van der Waals surface area (Å²) in [6.45, 7) is 0.566. The van der Waals surface area contributed by atoms with Crippen LogP contribution in [-0.4, -0.2) is 62.5 Å². The van der Waals surface area contributed by atoms with E-state index in [1.807, 2.05) is 6.07 Å². The van der Waals surface area contributed by atoms with E-state index in [2.05, 4.69) is 10.3 Å². The maximum absolute atomic E-state index is 11.9. The third-order valence-electron chi connectivity index (χ3n) is 3.72. The van der Waals surface area contributed by atoms with E-state index in [0.717, 1.165) is 5.56 Å². The fourth-order valence-corrected chi connectivity index (χ4v) is 4.18. The number of amides is 1. The van der Waals surface area contributed by atoms with Crippen molar-refractivity contribution in [2.75, 3.05) is 32.2 Å².